The Morgan fingerprint density at radius 2 is 2.00 bits per heavy atom. The van der Waals surface area contributed by atoms with Crippen LogP contribution in [0.5, 0.6) is 0 Å². The van der Waals surface area contributed by atoms with Crippen LogP contribution in [-0.4, -0.2) is 16.1 Å². The van der Waals surface area contributed by atoms with Crippen LogP contribution in [0.2, 0.25) is 0 Å². The standard InChI is InChI=1S/C16H17NO2S/c1-11-14(20-10-17-11)6-7-16(15(18)19)8-12-4-2-3-5-13(12)9-16/h2-5,10H,6-9H2,1H3,(H,18,19). The highest BCUT2D eigenvalue weighted by Gasteiger charge is 2.43. The normalized spacial score (nSPS) is 16.1. The highest BCUT2D eigenvalue weighted by Crippen LogP contribution is 2.41. The van der Waals surface area contributed by atoms with Crippen molar-refractivity contribution in [3.8, 4) is 0 Å². The van der Waals surface area contributed by atoms with Gasteiger partial charge in [0.2, 0.25) is 0 Å². The maximum absolute atomic E-state index is 11.8. The number of aryl methyl sites for hydroxylation is 2. The third kappa shape index (κ3) is 2.24. The molecule has 1 aliphatic carbocycles. The van der Waals surface area contributed by atoms with Gasteiger partial charge in [-0.1, -0.05) is 24.3 Å². The predicted octanol–water partition coefficient (Wildman–Crippen LogP) is 3.25. The predicted molar refractivity (Wildman–Crippen MR) is 79.1 cm³/mol. The molecular formula is C16H17NO2S. The molecule has 4 heteroatoms. The zero-order valence-corrected chi connectivity index (χ0v) is 12.2. The van der Waals surface area contributed by atoms with Crippen molar-refractivity contribution in [2.24, 2.45) is 5.41 Å². The summed E-state index contributed by atoms with van der Waals surface area (Å²) in [5.74, 6) is -0.670. The minimum Gasteiger partial charge on any atom is -0.481 e. The lowest BCUT2D eigenvalue weighted by atomic mass is 9.80. The lowest BCUT2D eigenvalue weighted by Crippen LogP contribution is -2.32. The summed E-state index contributed by atoms with van der Waals surface area (Å²) in [5, 5.41) is 9.72. The molecule has 3 nitrogen and oxygen atoms in total. The topological polar surface area (TPSA) is 50.2 Å². The summed E-state index contributed by atoms with van der Waals surface area (Å²) in [6.45, 7) is 1.99. The molecule has 0 spiro atoms. The zero-order chi connectivity index (χ0) is 14.2. The molecule has 2 aromatic rings. The molecule has 0 fully saturated rings. The molecule has 1 aliphatic rings. The van der Waals surface area contributed by atoms with Gasteiger partial charge in [-0.05, 0) is 43.7 Å². The fraction of sp³-hybridized carbons (Fsp3) is 0.375. The van der Waals surface area contributed by atoms with Gasteiger partial charge >= 0.3 is 5.97 Å². The van der Waals surface area contributed by atoms with Crippen LogP contribution < -0.4 is 0 Å². The number of aromatic nitrogens is 1. The van der Waals surface area contributed by atoms with Crippen LogP contribution in [0.4, 0.5) is 0 Å². The second-order valence-electron chi connectivity index (χ2n) is 5.57. The Labute approximate surface area is 122 Å². The lowest BCUT2D eigenvalue weighted by Gasteiger charge is -2.23. The smallest absolute Gasteiger partial charge is 0.310 e. The van der Waals surface area contributed by atoms with E-state index in [1.807, 2.05) is 24.6 Å². The Morgan fingerprint density at radius 3 is 2.50 bits per heavy atom. The number of rotatable bonds is 4. The van der Waals surface area contributed by atoms with Crippen molar-refractivity contribution in [2.45, 2.75) is 32.6 Å². The monoisotopic (exact) mass is 287 g/mol. The van der Waals surface area contributed by atoms with Crippen LogP contribution in [0.3, 0.4) is 0 Å². The van der Waals surface area contributed by atoms with Gasteiger partial charge in [0.25, 0.3) is 0 Å². The Hall–Kier alpha value is -1.68. The first-order valence-electron chi connectivity index (χ1n) is 6.80. The van der Waals surface area contributed by atoms with Gasteiger partial charge in [-0.2, -0.15) is 0 Å². The van der Waals surface area contributed by atoms with E-state index in [0.717, 1.165) is 12.1 Å². The maximum atomic E-state index is 11.8. The molecule has 1 N–H and O–H groups in total. The highest BCUT2D eigenvalue weighted by molar-refractivity contribution is 7.09. The number of thiazole rings is 1. The lowest BCUT2D eigenvalue weighted by molar-refractivity contribution is -0.148. The summed E-state index contributed by atoms with van der Waals surface area (Å²) in [6, 6.07) is 8.09. The molecule has 0 amide bonds. The van der Waals surface area contributed by atoms with E-state index in [1.165, 1.54) is 16.0 Å². The number of fused-ring (bicyclic) bond motifs is 1. The first-order chi connectivity index (χ1) is 9.61. The van der Waals surface area contributed by atoms with E-state index in [2.05, 4.69) is 17.1 Å². The molecule has 104 valence electrons. The van der Waals surface area contributed by atoms with E-state index < -0.39 is 11.4 Å². The third-order valence-electron chi connectivity index (χ3n) is 4.31. The number of aliphatic carboxylic acids is 1. The zero-order valence-electron chi connectivity index (χ0n) is 11.4. The molecule has 0 saturated heterocycles. The Bertz CT molecular complexity index is 622. The fourth-order valence-electron chi connectivity index (χ4n) is 3.05. The molecule has 0 bridgehead atoms. The first kappa shape index (κ1) is 13.3. The van der Waals surface area contributed by atoms with Crippen molar-refractivity contribution >= 4 is 17.3 Å². The molecule has 3 rings (SSSR count). The number of carbonyl (C=O) groups is 1. The van der Waals surface area contributed by atoms with Crippen LogP contribution in [-0.2, 0) is 24.1 Å². The van der Waals surface area contributed by atoms with Crippen molar-refractivity contribution in [3.63, 3.8) is 0 Å². The highest BCUT2D eigenvalue weighted by atomic mass is 32.1. The molecular weight excluding hydrogens is 270 g/mol. The van der Waals surface area contributed by atoms with E-state index in [0.29, 0.717) is 19.3 Å². The molecule has 0 radical (unpaired) electrons. The van der Waals surface area contributed by atoms with Crippen molar-refractivity contribution in [1.82, 2.24) is 4.98 Å². The van der Waals surface area contributed by atoms with E-state index >= 15 is 0 Å². The summed E-state index contributed by atoms with van der Waals surface area (Å²) >= 11 is 1.62. The van der Waals surface area contributed by atoms with Crippen LogP contribution >= 0.6 is 11.3 Å². The second-order valence-corrected chi connectivity index (χ2v) is 6.51. The number of hydrogen-bond acceptors (Lipinski definition) is 3. The SMILES string of the molecule is Cc1ncsc1CCC1(C(=O)O)Cc2ccccc2C1. The third-order valence-corrected chi connectivity index (χ3v) is 5.30. The van der Waals surface area contributed by atoms with Crippen LogP contribution in [0.1, 0.15) is 28.1 Å². The van der Waals surface area contributed by atoms with Crippen LogP contribution in [0, 0.1) is 12.3 Å². The number of carboxylic acids is 1. The van der Waals surface area contributed by atoms with E-state index in [-0.39, 0.29) is 0 Å². The summed E-state index contributed by atoms with van der Waals surface area (Å²) in [7, 11) is 0. The molecule has 1 aromatic heterocycles. The van der Waals surface area contributed by atoms with E-state index in [9.17, 15) is 9.90 Å². The van der Waals surface area contributed by atoms with Crippen LogP contribution in [0.15, 0.2) is 29.8 Å². The average molecular weight is 287 g/mol. The van der Waals surface area contributed by atoms with Crippen molar-refractivity contribution in [3.05, 3.63) is 51.5 Å². The largest absolute Gasteiger partial charge is 0.481 e. The van der Waals surface area contributed by atoms with Gasteiger partial charge in [-0.15, -0.1) is 11.3 Å². The average Bonchev–Trinajstić information content (AvgIpc) is 3.00. The van der Waals surface area contributed by atoms with Gasteiger partial charge in [0, 0.05) is 4.88 Å². The Kier molecular flexibility index (Phi) is 3.34. The van der Waals surface area contributed by atoms with E-state index in [1.54, 1.807) is 11.3 Å². The van der Waals surface area contributed by atoms with Gasteiger partial charge in [0.15, 0.2) is 0 Å². The number of hydrogen-bond donors (Lipinski definition) is 1. The van der Waals surface area contributed by atoms with Gasteiger partial charge in [0.05, 0.1) is 16.6 Å². The number of benzene rings is 1. The molecule has 0 unspecified atom stereocenters. The van der Waals surface area contributed by atoms with Gasteiger partial charge in [-0.25, -0.2) is 4.98 Å². The van der Waals surface area contributed by atoms with Gasteiger partial charge in [-0.3, -0.25) is 4.79 Å². The van der Waals surface area contributed by atoms with Crippen molar-refractivity contribution in [1.29, 1.82) is 0 Å². The Balaban J connectivity index is 1.81. The molecule has 0 atom stereocenters. The maximum Gasteiger partial charge on any atom is 0.310 e. The first-order valence-corrected chi connectivity index (χ1v) is 7.68. The summed E-state index contributed by atoms with van der Waals surface area (Å²) in [4.78, 5) is 17.3. The van der Waals surface area contributed by atoms with Crippen molar-refractivity contribution in [2.75, 3.05) is 0 Å². The van der Waals surface area contributed by atoms with Crippen LogP contribution in [0.25, 0.3) is 0 Å². The minimum absolute atomic E-state index is 0.639. The number of carboxylic acid groups (broad SMARTS) is 1. The summed E-state index contributed by atoms with van der Waals surface area (Å²) in [6.07, 6.45) is 2.78. The second kappa shape index (κ2) is 5.02. The molecule has 20 heavy (non-hydrogen) atoms. The molecule has 1 heterocycles. The molecule has 0 saturated carbocycles. The minimum atomic E-state index is -0.670. The van der Waals surface area contributed by atoms with Crippen molar-refractivity contribution < 1.29 is 9.90 Å². The summed E-state index contributed by atoms with van der Waals surface area (Å²) in [5.41, 5.74) is 4.61. The quantitative estimate of drug-likeness (QED) is 0.939. The van der Waals surface area contributed by atoms with Gasteiger partial charge in [0.1, 0.15) is 0 Å². The summed E-state index contributed by atoms with van der Waals surface area (Å²) < 4.78 is 0. The Morgan fingerprint density at radius 1 is 1.35 bits per heavy atom. The molecule has 0 aliphatic heterocycles. The van der Waals surface area contributed by atoms with E-state index in [4.69, 9.17) is 0 Å². The fourth-order valence-corrected chi connectivity index (χ4v) is 3.83. The molecule has 1 aromatic carbocycles. The van der Waals surface area contributed by atoms with Gasteiger partial charge < -0.3 is 5.11 Å². The number of nitrogens with zero attached hydrogens (tertiary/aromatic N) is 1.